The molecule has 1 aliphatic rings. The number of piperidine rings is 1. The molecule has 0 radical (unpaired) electrons. The standard InChI is InChI=1S/C18H17FN4O3S/c19-12-6-4-11(5-7-12)10-23-16(24)14-13(20-18(23)26)15(27-21-14)17(25)22-8-2-1-3-9-22/h4-7H,1-3,8-10H2,(H,20,26). The number of fused-ring (bicyclic) bond motifs is 1. The Bertz CT molecular complexity index is 1110. The Morgan fingerprint density at radius 3 is 2.56 bits per heavy atom. The van der Waals surface area contributed by atoms with Crippen molar-refractivity contribution in [3.05, 3.63) is 61.4 Å². The largest absolute Gasteiger partial charge is 0.338 e. The summed E-state index contributed by atoms with van der Waals surface area (Å²) in [4.78, 5) is 42.6. The minimum atomic E-state index is -0.621. The Balaban J connectivity index is 1.73. The number of carbonyl (C=O) groups excluding carboxylic acids is 1. The second kappa shape index (κ2) is 7.07. The van der Waals surface area contributed by atoms with Crippen LogP contribution in [0.5, 0.6) is 0 Å². The fraction of sp³-hybridized carbons (Fsp3) is 0.333. The Labute approximate surface area is 157 Å². The molecule has 0 atom stereocenters. The quantitative estimate of drug-likeness (QED) is 0.743. The van der Waals surface area contributed by atoms with Gasteiger partial charge in [-0.1, -0.05) is 12.1 Å². The number of carbonyl (C=O) groups is 1. The molecule has 0 bridgehead atoms. The zero-order chi connectivity index (χ0) is 19.0. The number of hydrogen-bond acceptors (Lipinski definition) is 5. The third-order valence-corrected chi connectivity index (χ3v) is 5.54. The van der Waals surface area contributed by atoms with Crippen molar-refractivity contribution in [2.75, 3.05) is 13.1 Å². The Hall–Kier alpha value is -2.81. The number of likely N-dealkylation sites (tertiary alicyclic amines) is 1. The molecule has 1 fully saturated rings. The van der Waals surface area contributed by atoms with Gasteiger partial charge in [0.15, 0.2) is 5.52 Å². The van der Waals surface area contributed by atoms with Gasteiger partial charge in [-0.25, -0.2) is 9.18 Å². The van der Waals surface area contributed by atoms with Crippen molar-refractivity contribution in [1.29, 1.82) is 0 Å². The first kappa shape index (κ1) is 17.6. The number of nitrogens with one attached hydrogen (secondary N) is 1. The maximum absolute atomic E-state index is 13.0. The lowest BCUT2D eigenvalue weighted by molar-refractivity contribution is 0.0731. The third kappa shape index (κ3) is 3.30. The smallest absolute Gasteiger partial charge is 0.329 e. The molecule has 3 aromatic rings. The summed E-state index contributed by atoms with van der Waals surface area (Å²) in [6.45, 7) is 1.34. The van der Waals surface area contributed by atoms with E-state index in [2.05, 4.69) is 9.36 Å². The summed E-state index contributed by atoms with van der Waals surface area (Å²) in [5, 5.41) is 0. The minimum absolute atomic E-state index is 0.00266. The van der Waals surface area contributed by atoms with Crippen LogP contribution >= 0.6 is 11.5 Å². The van der Waals surface area contributed by atoms with Crippen LogP contribution in [-0.4, -0.2) is 37.8 Å². The highest BCUT2D eigenvalue weighted by atomic mass is 32.1. The monoisotopic (exact) mass is 388 g/mol. The molecule has 9 heteroatoms. The van der Waals surface area contributed by atoms with Crippen LogP contribution in [0.15, 0.2) is 33.9 Å². The molecule has 1 N–H and O–H groups in total. The summed E-state index contributed by atoms with van der Waals surface area (Å²) >= 11 is 0.930. The molecule has 1 saturated heterocycles. The van der Waals surface area contributed by atoms with Crippen molar-refractivity contribution in [1.82, 2.24) is 18.8 Å². The van der Waals surface area contributed by atoms with Crippen LogP contribution in [0.1, 0.15) is 34.5 Å². The van der Waals surface area contributed by atoms with E-state index < -0.39 is 17.1 Å². The van der Waals surface area contributed by atoms with Crippen LogP contribution in [0.2, 0.25) is 0 Å². The van der Waals surface area contributed by atoms with Gasteiger partial charge in [0.05, 0.1) is 12.1 Å². The lowest BCUT2D eigenvalue weighted by Crippen LogP contribution is -2.37. The van der Waals surface area contributed by atoms with Crippen molar-refractivity contribution in [2.24, 2.45) is 0 Å². The summed E-state index contributed by atoms with van der Waals surface area (Å²) < 4.78 is 18.2. The van der Waals surface area contributed by atoms with E-state index >= 15 is 0 Å². The van der Waals surface area contributed by atoms with E-state index in [0.717, 1.165) is 35.4 Å². The molecule has 27 heavy (non-hydrogen) atoms. The normalized spacial score (nSPS) is 14.6. The maximum atomic E-state index is 13.0. The zero-order valence-corrected chi connectivity index (χ0v) is 15.2. The molecule has 1 aliphatic heterocycles. The van der Waals surface area contributed by atoms with Crippen molar-refractivity contribution in [3.8, 4) is 0 Å². The van der Waals surface area contributed by atoms with E-state index in [0.29, 0.717) is 18.7 Å². The number of hydrogen-bond donors (Lipinski definition) is 1. The molecule has 7 nitrogen and oxygen atoms in total. The van der Waals surface area contributed by atoms with E-state index in [1.54, 1.807) is 4.90 Å². The van der Waals surface area contributed by atoms with Gasteiger partial charge < -0.3 is 9.88 Å². The Morgan fingerprint density at radius 1 is 1.15 bits per heavy atom. The molecule has 4 rings (SSSR count). The number of halogens is 1. The van der Waals surface area contributed by atoms with E-state index in [4.69, 9.17) is 0 Å². The lowest BCUT2D eigenvalue weighted by atomic mass is 10.1. The molecule has 1 amide bonds. The molecule has 140 valence electrons. The molecule has 0 saturated carbocycles. The van der Waals surface area contributed by atoms with Gasteiger partial charge >= 0.3 is 5.69 Å². The minimum Gasteiger partial charge on any atom is -0.338 e. The molecule has 3 heterocycles. The highest BCUT2D eigenvalue weighted by molar-refractivity contribution is 7.09. The summed E-state index contributed by atoms with van der Waals surface area (Å²) in [5.41, 5.74) is -0.303. The summed E-state index contributed by atoms with van der Waals surface area (Å²) in [7, 11) is 0. The summed E-state index contributed by atoms with van der Waals surface area (Å²) in [5.74, 6) is -0.593. The van der Waals surface area contributed by atoms with Gasteiger partial charge in [0, 0.05) is 13.1 Å². The second-order valence-corrected chi connectivity index (χ2v) is 7.31. The predicted molar refractivity (Wildman–Crippen MR) is 99.8 cm³/mol. The average Bonchev–Trinajstić information content (AvgIpc) is 3.10. The van der Waals surface area contributed by atoms with Gasteiger partial charge in [0.25, 0.3) is 11.5 Å². The van der Waals surface area contributed by atoms with Gasteiger partial charge in [0.1, 0.15) is 10.7 Å². The summed E-state index contributed by atoms with van der Waals surface area (Å²) in [6, 6.07) is 5.56. The first-order valence-electron chi connectivity index (χ1n) is 8.71. The topological polar surface area (TPSA) is 88.1 Å². The lowest BCUT2D eigenvalue weighted by Gasteiger charge is -2.26. The van der Waals surface area contributed by atoms with Crippen LogP contribution in [0.25, 0.3) is 11.0 Å². The molecular formula is C18H17FN4O3S. The molecule has 1 aromatic carbocycles. The van der Waals surface area contributed by atoms with Crippen molar-refractivity contribution >= 4 is 28.5 Å². The summed E-state index contributed by atoms with van der Waals surface area (Å²) in [6.07, 6.45) is 2.99. The van der Waals surface area contributed by atoms with Crippen LogP contribution in [-0.2, 0) is 6.54 Å². The van der Waals surface area contributed by atoms with Gasteiger partial charge in [-0.3, -0.25) is 14.2 Å². The Kier molecular flexibility index (Phi) is 4.61. The van der Waals surface area contributed by atoms with Crippen LogP contribution in [0.4, 0.5) is 4.39 Å². The predicted octanol–water partition coefficient (Wildman–Crippen LogP) is 1.96. The fourth-order valence-electron chi connectivity index (χ4n) is 3.25. The molecule has 0 spiro atoms. The first-order chi connectivity index (χ1) is 13.0. The number of aromatic nitrogens is 3. The van der Waals surface area contributed by atoms with Crippen LogP contribution in [0, 0.1) is 5.82 Å². The molecule has 0 unspecified atom stereocenters. The zero-order valence-electron chi connectivity index (χ0n) is 14.4. The Morgan fingerprint density at radius 2 is 1.85 bits per heavy atom. The van der Waals surface area contributed by atoms with E-state index in [9.17, 15) is 18.8 Å². The van der Waals surface area contributed by atoms with Crippen molar-refractivity contribution in [3.63, 3.8) is 0 Å². The molecular weight excluding hydrogens is 371 g/mol. The van der Waals surface area contributed by atoms with E-state index in [-0.39, 0.29) is 28.4 Å². The third-order valence-electron chi connectivity index (χ3n) is 4.71. The number of amides is 1. The highest BCUT2D eigenvalue weighted by Gasteiger charge is 2.24. The van der Waals surface area contributed by atoms with E-state index in [1.165, 1.54) is 24.3 Å². The van der Waals surface area contributed by atoms with Crippen molar-refractivity contribution in [2.45, 2.75) is 25.8 Å². The van der Waals surface area contributed by atoms with Crippen LogP contribution < -0.4 is 11.2 Å². The second-order valence-electron chi connectivity index (χ2n) is 6.54. The SMILES string of the molecule is O=C(c1snc2c(=O)n(Cc3ccc(F)cc3)c(=O)[nH]c12)N1CCCCC1. The first-order valence-corrected chi connectivity index (χ1v) is 9.48. The number of H-pyrrole nitrogens is 1. The molecule has 2 aromatic heterocycles. The number of benzene rings is 1. The van der Waals surface area contributed by atoms with Crippen molar-refractivity contribution < 1.29 is 9.18 Å². The van der Waals surface area contributed by atoms with Gasteiger partial charge in [0.2, 0.25) is 0 Å². The van der Waals surface area contributed by atoms with Gasteiger partial charge in [-0.15, -0.1) is 0 Å². The number of aromatic amines is 1. The molecule has 0 aliphatic carbocycles. The number of rotatable bonds is 3. The van der Waals surface area contributed by atoms with Crippen LogP contribution in [0.3, 0.4) is 0 Å². The van der Waals surface area contributed by atoms with Gasteiger partial charge in [-0.2, -0.15) is 4.37 Å². The highest BCUT2D eigenvalue weighted by Crippen LogP contribution is 2.21. The fourth-order valence-corrected chi connectivity index (χ4v) is 4.05. The number of nitrogens with zero attached hydrogens (tertiary/aromatic N) is 3. The van der Waals surface area contributed by atoms with E-state index in [1.807, 2.05) is 0 Å². The van der Waals surface area contributed by atoms with Gasteiger partial charge in [-0.05, 0) is 48.5 Å². The average molecular weight is 388 g/mol. The maximum Gasteiger partial charge on any atom is 0.329 e.